The van der Waals surface area contributed by atoms with Gasteiger partial charge in [0.15, 0.2) is 0 Å². The molecule has 0 N–H and O–H groups in total. The molecule has 5 heterocycles. The predicted octanol–water partition coefficient (Wildman–Crippen LogP) is 34.7. The Kier molecular flexibility index (Phi) is 17.0. The second-order valence-electron chi connectivity index (χ2n) is 48.8. The Bertz CT molecular complexity index is 8740. The summed E-state index contributed by atoms with van der Waals surface area (Å²) in [4.78, 5) is 4.81. The monoisotopic (exact) mass is 1800 g/mol. The highest BCUT2D eigenvalue weighted by atomic mass is 15.2. The fourth-order valence-electron chi connectivity index (χ4n) is 21.2. The second kappa shape index (κ2) is 31.5. The zero-order chi connectivity index (χ0) is 111. The first-order valence-corrected chi connectivity index (χ1v) is 48.5. The van der Waals surface area contributed by atoms with E-state index in [1.807, 2.05) is 12.1 Å². The Balaban J connectivity index is 1.12. The topological polar surface area (TPSA) is 21.3 Å². The molecule has 0 radical (unpaired) electrons. The normalized spacial score (nSPS) is 15.4. The third kappa shape index (κ3) is 15.4. The van der Waals surface area contributed by atoms with Gasteiger partial charge in [0, 0.05) is 88.7 Å². The summed E-state index contributed by atoms with van der Waals surface area (Å²) >= 11 is 0. The van der Waals surface area contributed by atoms with Crippen molar-refractivity contribution in [1.82, 2.24) is 13.7 Å². The number of fused-ring (bicyclic) bond motifs is 13. The Morgan fingerprint density at radius 2 is 0.529 bits per heavy atom. The van der Waals surface area contributed by atoms with Crippen LogP contribution in [0.5, 0.6) is 0 Å². The van der Waals surface area contributed by atoms with Gasteiger partial charge in [0.05, 0.1) is 72.1 Å². The summed E-state index contributed by atoms with van der Waals surface area (Å²) < 4.78 is 166. The van der Waals surface area contributed by atoms with Gasteiger partial charge in [-0.05, 0) is 258 Å². The maximum Gasteiger partial charge on any atom is 0.252 e. The van der Waals surface area contributed by atoms with Gasteiger partial charge in [-0.15, -0.1) is 0 Å². The molecule has 0 spiro atoms. The van der Waals surface area contributed by atoms with Crippen LogP contribution in [0.2, 0.25) is 0 Å². The Labute approximate surface area is 833 Å². The molecule has 0 amide bonds. The zero-order valence-corrected chi connectivity index (χ0v) is 85.3. The largest absolute Gasteiger partial charge is 0.310 e. The van der Waals surface area contributed by atoms with Crippen LogP contribution >= 0.6 is 0 Å². The maximum atomic E-state index is 10.7. The van der Waals surface area contributed by atoms with Crippen LogP contribution in [0.1, 0.15) is 285 Å². The van der Waals surface area contributed by atoms with Crippen LogP contribution in [0.3, 0.4) is 0 Å². The molecule has 2 aliphatic heterocycles. The Morgan fingerprint density at radius 3 is 0.949 bits per heavy atom. The van der Waals surface area contributed by atoms with Crippen LogP contribution < -0.4 is 26.2 Å². The van der Waals surface area contributed by atoms with Crippen molar-refractivity contribution in [1.29, 1.82) is 0 Å². The zero-order valence-electron chi connectivity index (χ0n) is 101. The van der Waals surface area contributed by atoms with E-state index < -0.39 is 136 Å². The molecule has 20 rings (SSSR count). The molecule has 0 fully saturated rings. The number of anilines is 6. The summed E-state index contributed by atoms with van der Waals surface area (Å²) in [6, 6.07) is 63.1. The average Bonchev–Trinajstić information content (AvgIpc) is 1.31. The SMILES string of the molecule is [2H]c1c([2H])c([2H])c2c(c1[2H])c1c([2H])c([2H])c([2H])c([2H])c1n2-c1ccc2c(c1)N(c1c(-c3ccccc3C(C)(C)C)cc(C(C)(C)C)cc1-c1ccc(C(C)(C)C)cc1C(C)(C)C)c1cc(-n3c4c([2H])c([2H])c([2H])c([2H])c4c4c([2H])c([2H])c([2H])c([2H])c43)cc3c1B2c1ccc(-n2c4ccc(C(C)(C)C)cc4c4cc(C(C)(C)C)ccc42)cc1N3c1c(-c2ccc(C(C)(C)C)cc2)cc(C(C)(C)C)cc1-c1cc(C(C)(C)C)ccc1C(C)(C)C. The number of nitrogens with zero attached hydrogens (tertiary/aromatic N) is 5. The lowest BCUT2D eigenvalue weighted by atomic mass is 9.33. The lowest BCUT2D eigenvalue weighted by molar-refractivity contribution is 0.569. The third-order valence-electron chi connectivity index (χ3n) is 28.8. The van der Waals surface area contributed by atoms with E-state index in [0.29, 0.717) is 28.4 Å². The molecule has 0 saturated carbocycles. The van der Waals surface area contributed by atoms with Crippen LogP contribution in [0.25, 0.3) is 127 Å². The van der Waals surface area contributed by atoms with Gasteiger partial charge in [-0.25, -0.2) is 0 Å². The maximum absolute atomic E-state index is 10.7. The Hall–Kier alpha value is -12.6. The van der Waals surface area contributed by atoms with Crippen LogP contribution in [0.15, 0.2) is 291 Å². The number of rotatable bonds is 9. The third-order valence-corrected chi connectivity index (χ3v) is 28.8. The molecule has 0 bridgehead atoms. The van der Waals surface area contributed by atoms with Gasteiger partial charge in [0.25, 0.3) is 6.71 Å². The van der Waals surface area contributed by atoms with Gasteiger partial charge in [-0.2, -0.15) is 0 Å². The molecule has 0 unspecified atom stereocenters. The lowest BCUT2D eigenvalue weighted by Crippen LogP contribution is -2.61. The number of benzene rings is 15. The van der Waals surface area contributed by atoms with Crippen molar-refractivity contribution in [3.05, 3.63) is 346 Å². The summed E-state index contributed by atoms with van der Waals surface area (Å²) in [5, 5.41) is 1.68. The standard InChI is InChI=1S/C130H138BN5/c1-121(2,3)80-53-51-79(52-54-80)96-70-85(126(16,17)18)73-102(97-67-81(122(4,5)6)56-62-104(97)129(25,26)27)119(96)135-114-76-88(133-112-65-57-82(123(7,8)9)68-98(112)99-69-83(124(10,11)12)58-66-113(99)133)60-64-106(114)131-107-63-59-87(132-108-47-37-32-42-92(108)93-43-33-38-48-109(93)132)75-115(107)136(117-78-89(77-116(135)118(117)131)134-110-49-39-34-44-94(110)95-45-35-40-50-111(95)134)120-100(90-41-31-36-46-103(90)128(22,23)24)71-86(127(19,20)21)72-101(120)91-61-55-84(125(13,14)15)74-105(91)130(28,29)30/h31-78H,1-30H3/i32D,33D,34D,35D,37D,38D,39D,40D,42D,43D,44D,45D,47D,48D,49D,50D. The highest BCUT2D eigenvalue weighted by Crippen LogP contribution is 2.59. The fraction of sp³-hybridized carbons (Fsp3) is 0.308. The molecule has 686 valence electrons. The van der Waals surface area contributed by atoms with Gasteiger partial charge < -0.3 is 23.5 Å². The molecular weight excluding hydrogens is 1640 g/mol. The van der Waals surface area contributed by atoms with Crippen LogP contribution in [-0.4, -0.2) is 20.4 Å². The van der Waals surface area contributed by atoms with Crippen molar-refractivity contribution in [3.8, 4) is 61.6 Å². The van der Waals surface area contributed by atoms with E-state index in [1.54, 1.807) is 9.13 Å². The molecular formula is C130H138BN5. The van der Waals surface area contributed by atoms with Crippen LogP contribution in [0.4, 0.5) is 34.1 Å². The minimum absolute atomic E-state index is 0.0881. The Morgan fingerprint density at radius 1 is 0.213 bits per heavy atom. The molecule has 2 aliphatic rings. The molecule has 136 heavy (non-hydrogen) atoms. The van der Waals surface area contributed by atoms with E-state index in [1.165, 1.54) is 0 Å². The number of para-hydroxylation sites is 4. The van der Waals surface area contributed by atoms with Gasteiger partial charge >= 0.3 is 0 Å². The van der Waals surface area contributed by atoms with Crippen LogP contribution in [0, 0.1) is 0 Å². The summed E-state index contributed by atoms with van der Waals surface area (Å²) in [7, 11) is 0. The molecule has 0 atom stereocenters. The summed E-state index contributed by atoms with van der Waals surface area (Å²) in [6.45, 7) is 66.6. The number of hydrogen-bond acceptors (Lipinski definition) is 2. The first kappa shape index (κ1) is 73.7. The average molecular weight is 1800 g/mol. The fourth-order valence-corrected chi connectivity index (χ4v) is 21.2. The first-order valence-electron chi connectivity index (χ1n) is 56.5. The van der Waals surface area contributed by atoms with E-state index in [-0.39, 0.29) is 76.6 Å². The van der Waals surface area contributed by atoms with E-state index in [4.69, 9.17) is 0 Å². The van der Waals surface area contributed by atoms with E-state index in [9.17, 15) is 21.9 Å². The van der Waals surface area contributed by atoms with Gasteiger partial charge in [-0.1, -0.05) is 389 Å². The molecule has 18 aromatic rings. The molecule has 5 nitrogen and oxygen atoms in total. The molecule has 15 aromatic carbocycles. The van der Waals surface area contributed by atoms with E-state index >= 15 is 0 Å². The number of hydrogen-bond donors (Lipinski definition) is 0. The molecule has 0 saturated heterocycles. The highest BCUT2D eigenvalue weighted by molar-refractivity contribution is 7.00. The second-order valence-corrected chi connectivity index (χ2v) is 48.8. The van der Waals surface area contributed by atoms with E-state index in [2.05, 4.69) is 404 Å². The summed E-state index contributed by atoms with van der Waals surface area (Å²) in [6.07, 6.45) is 0. The minimum atomic E-state index is -0.906. The highest BCUT2D eigenvalue weighted by Gasteiger charge is 2.48. The molecule has 3 aromatic heterocycles. The van der Waals surface area contributed by atoms with Crippen molar-refractivity contribution in [2.24, 2.45) is 0 Å². The van der Waals surface area contributed by atoms with Crippen molar-refractivity contribution in [2.45, 2.75) is 262 Å². The smallest absolute Gasteiger partial charge is 0.252 e. The summed E-state index contributed by atoms with van der Waals surface area (Å²) in [5.74, 6) is 0. The van der Waals surface area contributed by atoms with Crippen molar-refractivity contribution < 1.29 is 21.9 Å². The minimum Gasteiger partial charge on any atom is -0.310 e. The molecule has 6 heteroatoms. The van der Waals surface area contributed by atoms with Gasteiger partial charge in [0.2, 0.25) is 0 Å². The van der Waals surface area contributed by atoms with Crippen LogP contribution in [-0.2, 0) is 54.1 Å². The van der Waals surface area contributed by atoms with Crippen molar-refractivity contribution in [3.63, 3.8) is 0 Å². The van der Waals surface area contributed by atoms with Crippen molar-refractivity contribution in [2.75, 3.05) is 9.80 Å². The quantitative estimate of drug-likeness (QED) is 0.134. The van der Waals surface area contributed by atoms with Crippen molar-refractivity contribution >= 4 is 123 Å². The van der Waals surface area contributed by atoms with E-state index in [0.717, 1.165) is 150 Å². The molecule has 0 aliphatic carbocycles. The summed E-state index contributed by atoms with van der Waals surface area (Å²) in [5.41, 5.74) is 22.1. The predicted molar refractivity (Wildman–Crippen MR) is 592 cm³/mol. The number of aromatic nitrogens is 3. The van der Waals surface area contributed by atoms with Gasteiger partial charge in [-0.3, -0.25) is 0 Å². The lowest BCUT2D eigenvalue weighted by Gasteiger charge is -2.46. The van der Waals surface area contributed by atoms with Gasteiger partial charge in [0.1, 0.15) is 0 Å². The first-order chi connectivity index (χ1) is 70.4.